The number of carbonyl (C=O) groups excluding carboxylic acids is 1. The number of benzene rings is 2. The molecule has 0 aliphatic heterocycles. The highest BCUT2D eigenvalue weighted by atomic mass is 16.3. The number of aliphatic hydroxyl groups excluding tert-OH is 1. The molecule has 0 unspecified atom stereocenters. The van der Waals surface area contributed by atoms with Gasteiger partial charge in [0.2, 0.25) is 0 Å². The van der Waals surface area contributed by atoms with Crippen LogP contribution in [0.3, 0.4) is 0 Å². The van der Waals surface area contributed by atoms with Crippen LogP contribution in [-0.2, 0) is 11.8 Å². The molecule has 0 aliphatic rings. The van der Waals surface area contributed by atoms with Crippen molar-refractivity contribution < 1.29 is 9.90 Å². The van der Waals surface area contributed by atoms with Crippen molar-refractivity contribution in [3.05, 3.63) is 47.7 Å². The minimum absolute atomic E-state index is 0.232. The van der Waals surface area contributed by atoms with E-state index < -0.39 is 11.7 Å². The molecule has 0 atom stereocenters. The van der Waals surface area contributed by atoms with Crippen molar-refractivity contribution in [1.29, 1.82) is 5.26 Å². The molecule has 0 spiro atoms. The second kappa shape index (κ2) is 7.28. The van der Waals surface area contributed by atoms with E-state index in [1.54, 1.807) is 17.8 Å². The zero-order valence-electron chi connectivity index (χ0n) is 14.8. The van der Waals surface area contributed by atoms with Crippen LogP contribution in [0.2, 0.25) is 0 Å². The predicted octanol–water partition coefficient (Wildman–Crippen LogP) is 3.44. The Kier molecular flexibility index (Phi) is 4.90. The van der Waals surface area contributed by atoms with Gasteiger partial charge >= 0.3 is 0 Å². The van der Waals surface area contributed by atoms with Gasteiger partial charge in [-0.25, -0.2) is 0 Å². The summed E-state index contributed by atoms with van der Waals surface area (Å²) in [6, 6.07) is 13.5. The Balaban J connectivity index is 2.13. The number of nitriles is 1. The lowest BCUT2D eigenvalue weighted by molar-refractivity contribution is -0.117. The van der Waals surface area contributed by atoms with E-state index in [1.165, 1.54) is 0 Å². The van der Waals surface area contributed by atoms with Crippen molar-refractivity contribution in [2.75, 3.05) is 6.54 Å². The summed E-state index contributed by atoms with van der Waals surface area (Å²) in [6.07, 6.45) is 1.74. The van der Waals surface area contributed by atoms with Gasteiger partial charge in [-0.05, 0) is 17.9 Å². The number of nitrogens with zero attached hydrogens (tertiary/aromatic N) is 3. The Labute approximate surface area is 151 Å². The van der Waals surface area contributed by atoms with Crippen LogP contribution in [0.5, 0.6) is 0 Å². The maximum Gasteiger partial charge on any atom is 0.265 e. The lowest BCUT2D eigenvalue weighted by Gasteiger charge is -2.05. The summed E-state index contributed by atoms with van der Waals surface area (Å²) in [6.45, 7) is 2.47. The molecule has 0 radical (unpaired) electrons. The highest BCUT2D eigenvalue weighted by molar-refractivity contribution is 6.10. The Bertz CT molecular complexity index is 1060. The van der Waals surface area contributed by atoms with E-state index in [1.807, 2.05) is 43.3 Å². The molecule has 1 heterocycles. The fourth-order valence-electron chi connectivity index (χ4n) is 3.02. The van der Waals surface area contributed by atoms with E-state index >= 15 is 0 Å². The summed E-state index contributed by atoms with van der Waals surface area (Å²) in [4.78, 5) is 12.2. The zero-order chi connectivity index (χ0) is 18.7. The van der Waals surface area contributed by atoms with Crippen molar-refractivity contribution in [3.8, 4) is 6.07 Å². The number of amides is 1. The normalized spacial score (nSPS) is 12.0. The summed E-state index contributed by atoms with van der Waals surface area (Å²) in [7, 11) is 1.78. The third-order valence-electron chi connectivity index (χ3n) is 4.35. The van der Waals surface area contributed by atoms with Crippen molar-refractivity contribution in [2.45, 2.75) is 19.8 Å². The molecule has 3 aromatic rings. The third-order valence-corrected chi connectivity index (χ3v) is 4.35. The van der Waals surface area contributed by atoms with Gasteiger partial charge in [0, 0.05) is 24.4 Å². The zero-order valence-corrected chi connectivity index (χ0v) is 14.8. The molecule has 26 heavy (non-hydrogen) atoms. The molecule has 2 N–H and O–H groups in total. The molecule has 132 valence electrons. The van der Waals surface area contributed by atoms with Crippen molar-refractivity contribution in [1.82, 2.24) is 15.1 Å². The van der Waals surface area contributed by atoms with Gasteiger partial charge in [0.1, 0.15) is 11.8 Å². The Morgan fingerprint density at radius 2 is 2.04 bits per heavy atom. The number of nitrogens with one attached hydrogen (secondary N) is 1. The minimum Gasteiger partial charge on any atom is -0.504 e. The SMILES string of the molecule is CCCCNC(=O)/C(C#N)=C(\O)c1nn(C)c2c1ccc1ccccc12. The molecule has 0 fully saturated rings. The Morgan fingerprint density at radius 3 is 2.77 bits per heavy atom. The molecule has 0 aliphatic carbocycles. The van der Waals surface area contributed by atoms with Crippen LogP contribution in [0.4, 0.5) is 0 Å². The van der Waals surface area contributed by atoms with Crippen LogP contribution in [-0.4, -0.2) is 27.3 Å². The minimum atomic E-state index is -0.585. The topological polar surface area (TPSA) is 90.9 Å². The smallest absolute Gasteiger partial charge is 0.265 e. The number of rotatable bonds is 5. The molecule has 0 saturated heterocycles. The second-order valence-corrected chi connectivity index (χ2v) is 6.10. The number of hydrogen-bond donors (Lipinski definition) is 2. The molecule has 1 aromatic heterocycles. The van der Waals surface area contributed by atoms with Gasteiger partial charge in [-0.3, -0.25) is 9.48 Å². The first kappa shape index (κ1) is 17.5. The number of aromatic nitrogens is 2. The van der Waals surface area contributed by atoms with E-state index in [0.29, 0.717) is 11.9 Å². The maximum atomic E-state index is 12.2. The van der Waals surface area contributed by atoms with Crippen LogP contribution < -0.4 is 5.32 Å². The number of fused-ring (bicyclic) bond motifs is 3. The fourth-order valence-corrected chi connectivity index (χ4v) is 3.02. The first-order chi connectivity index (χ1) is 12.6. The summed E-state index contributed by atoms with van der Waals surface area (Å²) >= 11 is 0. The molecule has 0 saturated carbocycles. The highest BCUT2D eigenvalue weighted by Gasteiger charge is 2.21. The monoisotopic (exact) mass is 348 g/mol. The molecule has 0 bridgehead atoms. The average molecular weight is 348 g/mol. The second-order valence-electron chi connectivity index (χ2n) is 6.10. The predicted molar refractivity (Wildman–Crippen MR) is 101 cm³/mol. The van der Waals surface area contributed by atoms with Crippen LogP contribution >= 0.6 is 0 Å². The maximum absolute atomic E-state index is 12.2. The average Bonchev–Trinajstić information content (AvgIpc) is 2.99. The highest BCUT2D eigenvalue weighted by Crippen LogP contribution is 2.30. The van der Waals surface area contributed by atoms with Gasteiger partial charge in [-0.15, -0.1) is 0 Å². The largest absolute Gasteiger partial charge is 0.504 e. The first-order valence-electron chi connectivity index (χ1n) is 8.54. The lowest BCUT2D eigenvalue weighted by atomic mass is 10.0. The van der Waals surface area contributed by atoms with E-state index in [2.05, 4.69) is 10.4 Å². The van der Waals surface area contributed by atoms with E-state index in [0.717, 1.165) is 29.1 Å². The molecule has 2 aromatic carbocycles. The van der Waals surface area contributed by atoms with E-state index in [9.17, 15) is 15.2 Å². The summed E-state index contributed by atoms with van der Waals surface area (Å²) in [5.41, 5.74) is 0.748. The van der Waals surface area contributed by atoms with Crippen molar-refractivity contribution in [3.63, 3.8) is 0 Å². The third kappa shape index (κ3) is 3.00. The molecular weight excluding hydrogens is 328 g/mol. The van der Waals surface area contributed by atoms with Gasteiger partial charge in [0.15, 0.2) is 11.3 Å². The van der Waals surface area contributed by atoms with Gasteiger partial charge in [-0.1, -0.05) is 43.7 Å². The molecule has 1 amide bonds. The number of unbranched alkanes of at least 4 members (excludes halogenated alkanes) is 1. The lowest BCUT2D eigenvalue weighted by Crippen LogP contribution is -2.26. The first-order valence-corrected chi connectivity index (χ1v) is 8.54. The van der Waals surface area contributed by atoms with E-state index in [4.69, 9.17) is 0 Å². The van der Waals surface area contributed by atoms with Crippen LogP contribution in [0.1, 0.15) is 25.5 Å². The fraction of sp³-hybridized carbons (Fsp3) is 0.250. The van der Waals surface area contributed by atoms with Gasteiger partial charge in [-0.2, -0.15) is 10.4 Å². The van der Waals surface area contributed by atoms with Gasteiger partial charge < -0.3 is 10.4 Å². The summed E-state index contributed by atoms with van der Waals surface area (Å²) in [5.74, 6) is -0.986. The van der Waals surface area contributed by atoms with E-state index in [-0.39, 0.29) is 11.3 Å². The van der Waals surface area contributed by atoms with Crippen molar-refractivity contribution >= 4 is 33.3 Å². The van der Waals surface area contributed by atoms with Gasteiger partial charge in [0.25, 0.3) is 5.91 Å². The standard InChI is InChI=1S/C20H20N4O2/c1-3-4-11-22-20(26)16(12-21)19(25)17-15-10-9-13-7-5-6-8-14(13)18(15)24(2)23-17/h5-10,25H,3-4,11H2,1-2H3,(H,22,26)/b19-16-. The van der Waals surface area contributed by atoms with Crippen LogP contribution in [0.25, 0.3) is 27.4 Å². The Hall–Kier alpha value is -3.33. The number of aliphatic hydroxyl groups is 1. The summed E-state index contributed by atoms with van der Waals surface area (Å²) in [5, 5.41) is 29.7. The molecule has 6 heteroatoms. The number of aryl methyl sites for hydroxylation is 1. The Morgan fingerprint density at radius 1 is 1.27 bits per heavy atom. The number of carbonyl (C=O) groups is 1. The van der Waals surface area contributed by atoms with Crippen LogP contribution in [0.15, 0.2) is 42.0 Å². The summed E-state index contributed by atoms with van der Waals surface area (Å²) < 4.78 is 1.66. The quantitative estimate of drug-likeness (QED) is 0.320. The van der Waals surface area contributed by atoms with Crippen molar-refractivity contribution in [2.24, 2.45) is 7.05 Å². The van der Waals surface area contributed by atoms with Gasteiger partial charge in [0.05, 0.1) is 5.52 Å². The number of hydrogen-bond acceptors (Lipinski definition) is 4. The van der Waals surface area contributed by atoms with Crippen LogP contribution in [0, 0.1) is 11.3 Å². The molecule has 3 rings (SSSR count). The molecule has 6 nitrogen and oxygen atoms in total. The molecular formula is C20H20N4O2.